The number of nitrogens with zero attached hydrogens (tertiary/aromatic N) is 1. The van der Waals surface area contributed by atoms with Gasteiger partial charge in [-0.15, -0.1) is 0 Å². The van der Waals surface area contributed by atoms with E-state index in [1.807, 2.05) is 12.1 Å². The monoisotopic (exact) mass is 424 g/mol. The van der Waals surface area contributed by atoms with Gasteiger partial charge in [-0.05, 0) is 63.2 Å². The lowest BCUT2D eigenvalue weighted by molar-refractivity contribution is -0.137. The smallest absolute Gasteiger partial charge is 0.416 e. The first-order valence-corrected chi connectivity index (χ1v) is 9.74. The number of alkyl halides is 3. The Kier molecular flexibility index (Phi) is 8.11. The Balaban J connectivity index is 1.84. The molecule has 0 spiro atoms. The molecule has 0 saturated heterocycles. The molecule has 0 aromatic heterocycles. The molecule has 0 heterocycles. The zero-order chi connectivity index (χ0) is 22.3. The summed E-state index contributed by atoms with van der Waals surface area (Å²) in [5, 5.41) is 12.6. The third-order valence-electron chi connectivity index (χ3n) is 4.53. The van der Waals surface area contributed by atoms with Gasteiger partial charge in [0.15, 0.2) is 0 Å². The summed E-state index contributed by atoms with van der Waals surface area (Å²) in [7, 11) is 0. The zero-order valence-electron chi connectivity index (χ0n) is 17.2. The van der Waals surface area contributed by atoms with Crippen LogP contribution in [0.1, 0.15) is 36.7 Å². The number of ether oxygens (including phenoxy) is 1. The molecule has 164 valence electrons. The Bertz CT molecular complexity index is 823. The second kappa shape index (κ2) is 10.3. The first kappa shape index (κ1) is 23.5. The Morgan fingerprint density at radius 2 is 1.83 bits per heavy atom. The van der Waals surface area contributed by atoms with Crippen LogP contribution in [0.25, 0.3) is 0 Å². The number of benzene rings is 2. The van der Waals surface area contributed by atoms with Gasteiger partial charge in [-0.25, -0.2) is 0 Å². The normalized spacial score (nSPS) is 12.5. The molecule has 1 atom stereocenters. The number of aliphatic hydroxyl groups excluding tert-OH is 1. The van der Waals surface area contributed by atoms with Gasteiger partial charge in [-0.1, -0.05) is 6.07 Å². The van der Waals surface area contributed by atoms with Gasteiger partial charge in [-0.2, -0.15) is 13.2 Å². The molecule has 2 aromatic carbocycles. The molecule has 0 aliphatic carbocycles. The van der Waals surface area contributed by atoms with Crippen molar-refractivity contribution in [2.45, 2.75) is 39.1 Å². The zero-order valence-corrected chi connectivity index (χ0v) is 17.2. The topological polar surface area (TPSA) is 61.8 Å². The Labute approximate surface area is 174 Å². The first-order valence-electron chi connectivity index (χ1n) is 9.74. The van der Waals surface area contributed by atoms with Gasteiger partial charge in [0.2, 0.25) is 0 Å². The first-order chi connectivity index (χ1) is 14.1. The number of aliphatic hydroxyl groups is 1. The number of hydrogen-bond donors (Lipinski definition) is 2. The lowest BCUT2D eigenvalue weighted by atomic mass is 10.1. The average Bonchev–Trinajstić information content (AvgIpc) is 2.71. The van der Waals surface area contributed by atoms with Gasteiger partial charge in [0.1, 0.15) is 18.5 Å². The highest BCUT2D eigenvalue weighted by molar-refractivity contribution is 5.94. The molecule has 2 rings (SSSR count). The van der Waals surface area contributed by atoms with E-state index >= 15 is 0 Å². The van der Waals surface area contributed by atoms with Crippen molar-refractivity contribution < 1.29 is 27.8 Å². The lowest BCUT2D eigenvalue weighted by Crippen LogP contribution is -2.35. The summed E-state index contributed by atoms with van der Waals surface area (Å²) in [4.78, 5) is 14.5. The number of anilines is 1. The van der Waals surface area contributed by atoms with E-state index < -0.39 is 17.8 Å². The maximum atomic E-state index is 12.7. The van der Waals surface area contributed by atoms with Crippen LogP contribution in [0, 0.1) is 0 Å². The fourth-order valence-corrected chi connectivity index (χ4v) is 2.98. The van der Waals surface area contributed by atoms with Crippen LogP contribution in [0.5, 0.6) is 5.75 Å². The molecule has 2 N–H and O–H groups in total. The van der Waals surface area contributed by atoms with Crippen LogP contribution >= 0.6 is 0 Å². The molecule has 1 amide bonds. The number of carbonyl (C=O) groups excluding carboxylic acids is 1. The van der Waals surface area contributed by atoms with E-state index in [2.05, 4.69) is 31.0 Å². The summed E-state index contributed by atoms with van der Waals surface area (Å²) in [5.41, 5.74) is 0.633. The standard InChI is InChI=1S/C22H27F3N2O3/c1-4-27(15(2)3)18-10-8-16(9-11-18)21(29)26-13-19(28)14-30-20-7-5-6-17(12-20)22(23,24)25/h5-12,15,19,28H,4,13-14H2,1-3H3,(H,26,29). The van der Waals surface area contributed by atoms with Crippen molar-refractivity contribution in [1.82, 2.24) is 5.32 Å². The van der Waals surface area contributed by atoms with Gasteiger partial charge >= 0.3 is 6.18 Å². The third-order valence-corrected chi connectivity index (χ3v) is 4.53. The molecule has 0 radical (unpaired) electrons. The summed E-state index contributed by atoms with van der Waals surface area (Å²) in [6, 6.07) is 11.9. The SMILES string of the molecule is CCN(c1ccc(C(=O)NCC(O)COc2cccc(C(F)(F)F)c2)cc1)C(C)C. The van der Waals surface area contributed by atoms with Crippen molar-refractivity contribution in [3.63, 3.8) is 0 Å². The Morgan fingerprint density at radius 1 is 1.17 bits per heavy atom. The minimum absolute atomic E-state index is 0.00331. The highest BCUT2D eigenvalue weighted by Crippen LogP contribution is 2.31. The summed E-state index contributed by atoms with van der Waals surface area (Å²) >= 11 is 0. The van der Waals surface area contributed by atoms with E-state index in [4.69, 9.17) is 4.74 Å². The number of carbonyl (C=O) groups is 1. The van der Waals surface area contributed by atoms with E-state index in [0.29, 0.717) is 11.6 Å². The van der Waals surface area contributed by atoms with Crippen molar-refractivity contribution in [2.75, 3.05) is 24.6 Å². The predicted molar refractivity (Wildman–Crippen MR) is 110 cm³/mol. The molecule has 30 heavy (non-hydrogen) atoms. The van der Waals surface area contributed by atoms with E-state index in [-0.39, 0.29) is 24.8 Å². The average molecular weight is 424 g/mol. The highest BCUT2D eigenvalue weighted by atomic mass is 19.4. The van der Waals surface area contributed by atoms with Crippen molar-refractivity contribution in [2.24, 2.45) is 0 Å². The van der Waals surface area contributed by atoms with Crippen LogP contribution in [-0.2, 0) is 6.18 Å². The number of halogens is 3. The highest BCUT2D eigenvalue weighted by Gasteiger charge is 2.30. The predicted octanol–water partition coefficient (Wildman–Crippen LogP) is 4.11. The van der Waals surface area contributed by atoms with Crippen LogP contribution < -0.4 is 15.0 Å². The van der Waals surface area contributed by atoms with Gasteiger partial charge in [0, 0.05) is 30.4 Å². The van der Waals surface area contributed by atoms with Crippen molar-refractivity contribution >= 4 is 11.6 Å². The van der Waals surface area contributed by atoms with E-state index in [1.165, 1.54) is 12.1 Å². The maximum Gasteiger partial charge on any atom is 0.416 e. The molecule has 0 saturated carbocycles. The fourth-order valence-electron chi connectivity index (χ4n) is 2.98. The van der Waals surface area contributed by atoms with Gasteiger partial charge < -0.3 is 20.1 Å². The van der Waals surface area contributed by atoms with Crippen LogP contribution in [0.15, 0.2) is 48.5 Å². The summed E-state index contributed by atoms with van der Waals surface area (Å²) in [5.74, 6) is -0.358. The van der Waals surface area contributed by atoms with E-state index in [1.54, 1.807) is 12.1 Å². The minimum Gasteiger partial charge on any atom is -0.491 e. The molecule has 2 aromatic rings. The van der Waals surface area contributed by atoms with Gasteiger partial charge in [0.25, 0.3) is 5.91 Å². The van der Waals surface area contributed by atoms with Crippen LogP contribution in [0.2, 0.25) is 0 Å². The molecule has 0 aliphatic rings. The quantitative estimate of drug-likeness (QED) is 0.636. The fraction of sp³-hybridized carbons (Fsp3) is 0.409. The summed E-state index contributed by atoms with van der Waals surface area (Å²) in [6.45, 7) is 6.75. The van der Waals surface area contributed by atoms with Crippen molar-refractivity contribution in [3.8, 4) is 5.75 Å². The second-order valence-electron chi connectivity index (χ2n) is 7.13. The molecular formula is C22H27F3N2O3. The van der Waals surface area contributed by atoms with E-state index in [9.17, 15) is 23.1 Å². The largest absolute Gasteiger partial charge is 0.491 e. The molecule has 0 bridgehead atoms. The van der Waals surface area contributed by atoms with Crippen LogP contribution in [0.4, 0.5) is 18.9 Å². The molecule has 0 fully saturated rings. The molecule has 8 heteroatoms. The molecule has 0 aliphatic heterocycles. The third kappa shape index (κ3) is 6.66. The number of amides is 1. The molecule has 5 nitrogen and oxygen atoms in total. The van der Waals surface area contributed by atoms with Gasteiger partial charge in [0.05, 0.1) is 5.56 Å². The Morgan fingerprint density at radius 3 is 2.40 bits per heavy atom. The summed E-state index contributed by atoms with van der Waals surface area (Å²) in [6.07, 6.45) is -5.54. The van der Waals surface area contributed by atoms with E-state index in [0.717, 1.165) is 24.4 Å². The van der Waals surface area contributed by atoms with Crippen molar-refractivity contribution in [3.05, 3.63) is 59.7 Å². The maximum absolute atomic E-state index is 12.7. The Hall–Kier alpha value is -2.74. The second-order valence-corrected chi connectivity index (χ2v) is 7.13. The number of nitrogens with one attached hydrogen (secondary N) is 1. The lowest BCUT2D eigenvalue weighted by Gasteiger charge is -2.27. The minimum atomic E-state index is -4.47. The number of rotatable bonds is 9. The molecule has 1 unspecified atom stereocenters. The van der Waals surface area contributed by atoms with Crippen molar-refractivity contribution in [1.29, 1.82) is 0 Å². The van der Waals surface area contributed by atoms with Crippen LogP contribution in [-0.4, -0.2) is 42.9 Å². The summed E-state index contributed by atoms with van der Waals surface area (Å²) < 4.78 is 43.3. The van der Waals surface area contributed by atoms with Crippen LogP contribution in [0.3, 0.4) is 0 Å². The van der Waals surface area contributed by atoms with Gasteiger partial charge in [-0.3, -0.25) is 4.79 Å². The number of hydrogen-bond acceptors (Lipinski definition) is 4. The molecular weight excluding hydrogens is 397 g/mol.